The molecular weight excluding hydrogens is 400 g/mol. The fourth-order valence-corrected chi connectivity index (χ4v) is 9.97. The summed E-state index contributed by atoms with van der Waals surface area (Å²) in [4.78, 5) is 12.2. The van der Waals surface area contributed by atoms with Crippen molar-refractivity contribution in [1.82, 2.24) is 0 Å². The Hall–Kier alpha value is -1.75. The molecule has 0 heterocycles. The third kappa shape index (κ3) is 5.02. The van der Waals surface area contributed by atoms with Crippen LogP contribution in [0.3, 0.4) is 0 Å². The second kappa shape index (κ2) is 9.80. The van der Waals surface area contributed by atoms with Crippen LogP contribution in [-0.2, 0) is 9.22 Å². The Kier molecular flexibility index (Phi) is 7.56. The maximum atomic E-state index is 12.2. The van der Waals surface area contributed by atoms with Crippen LogP contribution in [-0.4, -0.2) is 31.9 Å². The van der Waals surface area contributed by atoms with Crippen molar-refractivity contribution in [2.75, 3.05) is 6.61 Å². The van der Waals surface area contributed by atoms with E-state index in [0.29, 0.717) is 19.4 Å². The first kappa shape index (κ1) is 23.9. The van der Waals surface area contributed by atoms with Gasteiger partial charge in [-0.25, -0.2) is 0 Å². The van der Waals surface area contributed by atoms with Gasteiger partial charge < -0.3 is 9.53 Å². The van der Waals surface area contributed by atoms with Crippen LogP contribution in [0.1, 0.15) is 53.9 Å². The van der Waals surface area contributed by atoms with Crippen molar-refractivity contribution in [2.45, 2.75) is 65.0 Å². The maximum absolute atomic E-state index is 12.2. The van der Waals surface area contributed by atoms with Crippen LogP contribution in [0, 0.1) is 17.8 Å². The second-order valence-electron chi connectivity index (χ2n) is 10.4. The Labute approximate surface area is 189 Å². The molecule has 0 aliphatic heterocycles. The van der Waals surface area contributed by atoms with Crippen molar-refractivity contribution in [3.05, 3.63) is 60.7 Å². The zero-order chi connectivity index (χ0) is 22.6. The van der Waals surface area contributed by atoms with Gasteiger partial charge in [0.05, 0.1) is 6.10 Å². The van der Waals surface area contributed by atoms with Gasteiger partial charge in [-0.3, -0.25) is 4.79 Å². The van der Waals surface area contributed by atoms with Crippen LogP contribution in [0.15, 0.2) is 60.7 Å². The summed E-state index contributed by atoms with van der Waals surface area (Å²) in [6.07, 6.45) is 1.52. The first-order chi connectivity index (χ1) is 14.7. The molecule has 0 aromatic heterocycles. The molecule has 4 atom stereocenters. The third-order valence-electron chi connectivity index (χ3n) is 6.89. The Bertz CT molecular complexity index is 804. The molecule has 2 aromatic carbocycles. The normalized spacial score (nSPS) is 21.8. The van der Waals surface area contributed by atoms with Gasteiger partial charge in [0.1, 0.15) is 5.78 Å². The monoisotopic (exact) mass is 438 g/mol. The van der Waals surface area contributed by atoms with E-state index >= 15 is 0 Å². The average Bonchev–Trinajstić information content (AvgIpc) is 3.07. The van der Waals surface area contributed by atoms with E-state index in [0.717, 1.165) is 6.42 Å². The first-order valence-corrected chi connectivity index (χ1v) is 13.5. The number of benzene rings is 2. The molecule has 1 aliphatic carbocycles. The molecule has 1 unspecified atom stereocenters. The van der Waals surface area contributed by atoms with E-state index in [4.69, 9.17) is 4.43 Å². The summed E-state index contributed by atoms with van der Waals surface area (Å²) < 4.78 is 6.99. The smallest absolute Gasteiger partial charge is 0.261 e. The van der Waals surface area contributed by atoms with Gasteiger partial charge in [0.2, 0.25) is 0 Å². The van der Waals surface area contributed by atoms with Crippen molar-refractivity contribution in [3.63, 3.8) is 0 Å². The van der Waals surface area contributed by atoms with Crippen molar-refractivity contribution in [3.8, 4) is 0 Å². The van der Waals surface area contributed by atoms with Crippen molar-refractivity contribution in [1.29, 1.82) is 0 Å². The Morgan fingerprint density at radius 1 is 1.03 bits per heavy atom. The van der Waals surface area contributed by atoms with Gasteiger partial charge in [-0.15, -0.1) is 0 Å². The van der Waals surface area contributed by atoms with Gasteiger partial charge in [-0.2, -0.15) is 0 Å². The number of carbonyl (C=O) groups excluding carboxylic acids is 1. The fourth-order valence-electron chi connectivity index (χ4n) is 5.28. The summed E-state index contributed by atoms with van der Waals surface area (Å²) in [6, 6.07) is 21.3. The SMILES string of the molecule is C[C@H](CO[Si](c1ccccc1)(c1ccccc1)C(C)(C)C)CC(O)[C@H]1C(=O)CC[C@@H]1C. The van der Waals surface area contributed by atoms with Crippen LogP contribution in [0.5, 0.6) is 0 Å². The molecule has 0 spiro atoms. The Morgan fingerprint density at radius 3 is 1.97 bits per heavy atom. The summed E-state index contributed by atoms with van der Waals surface area (Å²) in [5.74, 6) is 0.444. The lowest BCUT2D eigenvalue weighted by atomic mass is 9.87. The number of Topliss-reactive ketones (excluding diaryl/α,β-unsaturated/α-hetero) is 1. The van der Waals surface area contributed by atoms with Gasteiger partial charge >= 0.3 is 0 Å². The quantitative estimate of drug-likeness (QED) is 0.614. The molecule has 0 radical (unpaired) electrons. The molecule has 31 heavy (non-hydrogen) atoms. The number of hydrogen-bond donors (Lipinski definition) is 1. The minimum atomic E-state index is -2.57. The van der Waals surface area contributed by atoms with E-state index < -0.39 is 14.4 Å². The van der Waals surface area contributed by atoms with E-state index in [9.17, 15) is 9.90 Å². The molecule has 0 saturated heterocycles. The van der Waals surface area contributed by atoms with Gasteiger partial charge in [-0.1, -0.05) is 95.3 Å². The van der Waals surface area contributed by atoms with Gasteiger partial charge in [0, 0.05) is 18.9 Å². The molecule has 168 valence electrons. The maximum Gasteiger partial charge on any atom is 0.261 e. The van der Waals surface area contributed by atoms with E-state index in [1.54, 1.807) is 0 Å². The van der Waals surface area contributed by atoms with E-state index in [2.05, 4.69) is 95.3 Å². The third-order valence-corrected chi connectivity index (χ3v) is 11.9. The van der Waals surface area contributed by atoms with Crippen LogP contribution < -0.4 is 10.4 Å². The van der Waals surface area contributed by atoms with E-state index in [1.165, 1.54) is 10.4 Å². The predicted molar refractivity (Wildman–Crippen MR) is 130 cm³/mol. The van der Waals surface area contributed by atoms with Gasteiger partial charge in [0.15, 0.2) is 0 Å². The minimum Gasteiger partial charge on any atom is -0.407 e. The second-order valence-corrected chi connectivity index (χ2v) is 14.7. The highest BCUT2D eigenvalue weighted by atomic mass is 28.4. The highest BCUT2D eigenvalue weighted by molar-refractivity contribution is 6.99. The summed E-state index contributed by atoms with van der Waals surface area (Å²) in [5, 5.41) is 13.3. The van der Waals surface area contributed by atoms with Crippen LogP contribution in [0.2, 0.25) is 5.04 Å². The number of aliphatic hydroxyl groups excluding tert-OH is 1. The first-order valence-electron chi connectivity index (χ1n) is 11.6. The molecular formula is C27H38O3Si. The molecule has 2 aromatic rings. The lowest BCUT2D eigenvalue weighted by Gasteiger charge is -2.43. The molecule has 1 aliphatic rings. The number of ketones is 1. The van der Waals surface area contributed by atoms with Gasteiger partial charge in [0.25, 0.3) is 8.32 Å². The van der Waals surface area contributed by atoms with Crippen molar-refractivity contribution in [2.24, 2.45) is 17.8 Å². The number of rotatable bonds is 8. The van der Waals surface area contributed by atoms with Crippen LogP contribution >= 0.6 is 0 Å². The molecule has 1 saturated carbocycles. The average molecular weight is 439 g/mol. The topological polar surface area (TPSA) is 46.5 Å². The summed E-state index contributed by atoms with van der Waals surface area (Å²) in [7, 11) is -2.57. The molecule has 4 heteroatoms. The lowest BCUT2D eigenvalue weighted by molar-refractivity contribution is -0.125. The van der Waals surface area contributed by atoms with Crippen LogP contribution in [0.25, 0.3) is 0 Å². The molecule has 3 rings (SSSR count). The zero-order valence-electron chi connectivity index (χ0n) is 19.7. The Morgan fingerprint density at radius 2 is 1.55 bits per heavy atom. The molecule has 0 bridgehead atoms. The highest BCUT2D eigenvalue weighted by Crippen LogP contribution is 2.38. The van der Waals surface area contributed by atoms with E-state index in [-0.39, 0.29) is 28.6 Å². The standard InChI is InChI=1S/C27H38O3Si/c1-20(18-25(29)26-21(2)16-17-24(26)28)19-30-31(27(3,4)5,22-12-8-6-9-13-22)23-14-10-7-11-15-23/h6-15,20-21,25-26,29H,16-19H2,1-5H3/t20-,21-,25?,26+/m0/s1. The summed E-state index contributed by atoms with van der Waals surface area (Å²) in [6.45, 7) is 11.6. The fraction of sp³-hybridized carbons (Fsp3) is 0.519. The van der Waals surface area contributed by atoms with Crippen LogP contribution in [0.4, 0.5) is 0 Å². The number of carbonyl (C=O) groups is 1. The van der Waals surface area contributed by atoms with Crippen molar-refractivity contribution < 1.29 is 14.3 Å². The largest absolute Gasteiger partial charge is 0.407 e. The zero-order valence-corrected chi connectivity index (χ0v) is 20.7. The number of aliphatic hydroxyl groups is 1. The molecule has 1 fully saturated rings. The molecule has 0 amide bonds. The predicted octanol–water partition coefficient (Wildman–Crippen LogP) is 4.57. The minimum absolute atomic E-state index is 0.0655. The lowest BCUT2D eigenvalue weighted by Crippen LogP contribution is -2.66. The highest BCUT2D eigenvalue weighted by Gasteiger charge is 2.50. The van der Waals surface area contributed by atoms with Crippen molar-refractivity contribution >= 4 is 24.5 Å². The molecule has 1 N–H and O–H groups in total. The molecule has 3 nitrogen and oxygen atoms in total. The summed E-state index contributed by atoms with van der Waals surface area (Å²) >= 11 is 0. The Balaban J connectivity index is 1.85. The van der Waals surface area contributed by atoms with Gasteiger partial charge in [-0.05, 0) is 40.1 Å². The summed E-state index contributed by atoms with van der Waals surface area (Å²) in [5.41, 5.74) is 0. The van der Waals surface area contributed by atoms with E-state index in [1.807, 2.05) is 0 Å². The number of hydrogen-bond acceptors (Lipinski definition) is 3.